The van der Waals surface area contributed by atoms with Crippen LogP contribution in [0.1, 0.15) is 22.5 Å². The first-order valence-corrected chi connectivity index (χ1v) is 7.64. The maximum Gasteiger partial charge on any atom is 0.261 e. The number of thiophene rings is 1. The topological polar surface area (TPSA) is 50.4 Å². The maximum absolute atomic E-state index is 11.9. The highest BCUT2D eigenvalue weighted by molar-refractivity contribution is 9.11. The van der Waals surface area contributed by atoms with Crippen LogP contribution in [0.2, 0.25) is 0 Å². The molecule has 1 fully saturated rings. The van der Waals surface area contributed by atoms with E-state index < -0.39 is 0 Å². The van der Waals surface area contributed by atoms with Crippen LogP contribution >= 0.6 is 27.3 Å². The Labute approximate surface area is 119 Å². The fourth-order valence-electron chi connectivity index (χ4n) is 2.04. The molecule has 100 valence electrons. The number of rotatable bonds is 5. The Hall–Kier alpha value is -0.590. The Morgan fingerprint density at radius 3 is 3.17 bits per heavy atom. The van der Waals surface area contributed by atoms with Crippen LogP contribution in [-0.2, 0) is 0 Å². The third kappa shape index (κ3) is 3.46. The minimum atomic E-state index is -0.0186. The summed E-state index contributed by atoms with van der Waals surface area (Å²) in [6.07, 6.45) is 2.26. The lowest BCUT2D eigenvalue weighted by atomic mass is 10.1. The Balaban J connectivity index is 1.79. The molecule has 0 aliphatic carbocycles. The van der Waals surface area contributed by atoms with Gasteiger partial charge in [0.25, 0.3) is 5.91 Å². The van der Waals surface area contributed by atoms with Crippen LogP contribution in [0.25, 0.3) is 0 Å². The minimum absolute atomic E-state index is 0.0186. The zero-order valence-electron chi connectivity index (χ0n) is 10.3. The van der Waals surface area contributed by atoms with Crippen molar-refractivity contribution in [2.75, 3.05) is 26.7 Å². The summed E-state index contributed by atoms with van der Waals surface area (Å²) >= 11 is 4.77. The summed E-state index contributed by atoms with van der Waals surface area (Å²) in [6, 6.07) is 1.77. The van der Waals surface area contributed by atoms with Crippen molar-refractivity contribution in [3.63, 3.8) is 0 Å². The predicted octanol–water partition coefficient (Wildman–Crippen LogP) is 2.25. The van der Waals surface area contributed by atoms with Gasteiger partial charge in [-0.1, -0.05) is 0 Å². The summed E-state index contributed by atoms with van der Waals surface area (Å²) in [5.41, 5.74) is 0. The van der Waals surface area contributed by atoms with E-state index in [1.807, 2.05) is 0 Å². The van der Waals surface area contributed by atoms with Crippen LogP contribution in [0.15, 0.2) is 9.85 Å². The minimum Gasteiger partial charge on any atom is -0.495 e. The maximum atomic E-state index is 11.9. The summed E-state index contributed by atoms with van der Waals surface area (Å²) in [4.78, 5) is 12.6. The number of carbonyl (C=O) groups excluding carboxylic acids is 1. The normalized spacial score (nSPS) is 18.9. The van der Waals surface area contributed by atoms with Crippen LogP contribution in [0, 0.1) is 5.92 Å². The number of hydrogen-bond acceptors (Lipinski definition) is 4. The van der Waals surface area contributed by atoms with Crippen molar-refractivity contribution in [2.24, 2.45) is 5.92 Å². The number of carbonyl (C=O) groups is 1. The van der Waals surface area contributed by atoms with E-state index in [0.717, 1.165) is 29.8 Å². The lowest BCUT2D eigenvalue weighted by molar-refractivity contribution is 0.0955. The number of ether oxygens (including phenoxy) is 1. The first-order chi connectivity index (χ1) is 8.70. The molecule has 1 aliphatic rings. The lowest BCUT2D eigenvalue weighted by Crippen LogP contribution is -2.25. The molecule has 1 atom stereocenters. The molecule has 0 bridgehead atoms. The van der Waals surface area contributed by atoms with Gasteiger partial charge in [0.1, 0.15) is 9.54 Å². The van der Waals surface area contributed by atoms with Gasteiger partial charge in [-0.15, -0.1) is 11.3 Å². The average Bonchev–Trinajstić information content (AvgIpc) is 2.98. The number of halogens is 1. The van der Waals surface area contributed by atoms with Crippen molar-refractivity contribution in [3.05, 3.63) is 14.7 Å². The van der Waals surface area contributed by atoms with E-state index in [2.05, 4.69) is 26.6 Å². The van der Waals surface area contributed by atoms with E-state index in [4.69, 9.17) is 4.74 Å². The Morgan fingerprint density at radius 2 is 2.56 bits per heavy atom. The fourth-order valence-corrected chi connectivity index (χ4v) is 3.61. The van der Waals surface area contributed by atoms with Gasteiger partial charge in [0.05, 0.1) is 12.0 Å². The summed E-state index contributed by atoms with van der Waals surface area (Å²) in [6.45, 7) is 2.92. The monoisotopic (exact) mass is 332 g/mol. The summed E-state index contributed by atoms with van der Waals surface area (Å²) in [7, 11) is 1.60. The van der Waals surface area contributed by atoms with Crippen molar-refractivity contribution >= 4 is 33.2 Å². The summed E-state index contributed by atoms with van der Waals surface area (Å²) in [5.74, 6) is 1.40. The van der Waals surface area contributed by atoms with Crippen molar-refractivity contribution in [2.45, 2.75) is 12.8 Å². The molecule has 2 rings (SSSR count). The smallest absolute Gasteiger partial charge is 0.261 e. The van der Waals surface area contributed by atoms with Crippen LogP contribution in [0.5, 0.6) is 5.75 Å². The summed E-state index contributed by atoms with van der Waals surface area (Å²) < 4.78 is 5.99. The fraction of sp³-hybridized carbons (Fsp3) is 0.583. The van der Waals surface area contributed by atoms with Gasteiger partial charge in [0.2, 0.25) is 0 Å². The van der Waals surface area contributed by atoms with E-state index >= 15 is 0 Å². The molecule has 0 radical (unpaired) electrons. The van der Waals surface area contributed by atoms with Gasteiger partial charge >= 0.3 is 0 Å². The number of hydrogen-bond donors (Lipinski definition) is 2. The molecule has 0 spiro atoms. The molecule has 1 amide bonds. The number of methoxy groups -OCH3 is 1. The Kier molecular flexibility index (Phi) is 5.03. The molecule has 1 aromatic rings. The molecule has 0 aromatic carbocycles. The van der Waals surface area contributed by atoms with E-state index in [-0.39, 0.29) is 5.91 Å². The lowest BCUT2D eigenvalue weighted by Gasteiger charge is -2.08. The Bertz CT molecular complexity index is 416. The van der Waals surface area contributed by atoms with Gasteiger partial charge in [-0.3, -0.25) is 4.79 Å². The van der Waals surface area contributed by atoms with Gasteiger partial charge in [-0.25, -0.2) is 0 Å². The predicted molar refractivity (Wildman–Crippen MR) is 76.5 cm³/mol. The van der Waals surface area contributed by atoms with Crippen molar-refractivity contribution in [3.8, 4) is 5.75 Å². The second kappa shape index (κ2) is 6.54. The third-order valence-corrected chi connectivity index (χ3v) is 4.88. The third-order valence-electron chi connectivity index (χ3n) is 3.10. The standard InChI is InChI=1S/C12H17BrN2O2S/c1-17-9-6-10(18-11(9)13)12(16)15-5-3-8-2-4-14-7-8/h6,8,14H,2-5,7H2,1H3,(H,15,16). The first-order valence-electron chi connectivity index (χ1n) is 6.03. The van der Waals surface area contributed by atoms with Crippen LogP contribution in [0.3, 0.4) is 0 Å². The average molecular weight is 333 g/mol. The van der Waals surface area contributed by atoms with Gasteiger partial charge in [-0.05, 0) is 47.8 Å². The van der Waals surface area contributed by atoms with Gasteiger partial charge < -0.3 is 15.4 Å². The quantitative estimate of drug-likeness (QED) is 0.869. The van der Waals surface area contributed by atoms with Gasteiger partial charge in [0, 0.05) is 12.6 Å². The van der Waals surface area contributed by atoms with Gasteiger partial charge in [0.15, 0.2) is 0 Å². The molecule has 2 N–H and O–H groups in total. The SMILES string of the molecule is COc1cc(C(=O)NCCC2CCNC2)sc1Br. The number of nitrogens with one attached hydrogen (secondary N) is 2. The van der Waals surface area contributed by atoms with E-state index in [9.17, 15) is 4.79 Å². The van der Waals surface area contributed by atoms with Gasteiger partial charge in [-0.2, -0.15) is 0 Å². The van der Waals surface area contributed by atoms with Crippen LogP contribution in [0.4, 0.5) is 0 Å². The molecule has 18 heavy (non-hydrogen) atoms. The molecule has 1 aromatic heterocycles. The second-order valence-electron chi connectivity index (χ2n) is 4.36. The van der Waals surface area contributed by atoms with Crippen molar-refractivity contribution in [1.29, 1.82) is 0 Å². The van der Waals surface area contributed by atoms with Crippen LogP contribution < -0.4 is 15.4 Å². The zero-order chi connectivity index (χ0) is 13.0. The molecule has 0 saturated carbocycles. The molecule has 1 unspecified atom stereocenters. The molecule has 1 saturated heterocycles. The summed E-state index contributed by atoms with van der Waals surface area (Å²) in [5, 5.41) is 6.28. The first kappa shape index (κ1) is 13.8. The second-order valence-corrected chi connectivity index (χ2v) is 6.73. The molecule has 1 aliphatic heterocycles. The highest BCUT2D eigenvalue weighted by Gasteiger charge is 2.16. The molecular weight excluding hydrogens is 316 g/mol. The number of amides is 1. The van der Waals surface area contributed by atoms with Crippen LogP contribution in [-0.4, -0.2) is 32.7 Å². The highest BCUT2D eigenvalue weighted by Crippen LogP contribution is 2.34. The van der Waals surface area contributed by atoms with E-state index in [1.165, 1.54) is 17.8 Å². The molecular formula is C12H17BrN2O2S. The van der Waals surface area contributed by atoms with E-state index in [1.54, 1.807) is 13.2 Å². The highest BCUT2D eigenvalue weighted by atomic mass is 79.9. The molecule has 4 nitrogen and oxygen atoms in total. The van der Waals surface area contributed by atoms with E-state index in [0.29, 0.717) is 16.5 Å². The zero-order valence-corrected chi connectivity index (χ0v) is 12.7. The van der Waals surface area contributed by atoms with Crippen molar-refractivity contribution in [1.82, 2.24) is 10.6 Å². The molecule has 2 heterocycles. The van der Waals surface area contributed by atoms with Crippen molar-refractivity contribution < 1.29 is 9.53 Å². The molecule has 6 heteroatoms. The largest absolute Gasteiger partial charge is 0.495 e. The Morgan fingerprint density at radius 1 is 1.72 bits per heavy atom.